The predicted molar refractivity (Wildman–Crippen MR) is 90.8 cm³/mol. The fourth-order valence-corrected chi connectivity index (χ4v) is 3.82. The van der Waals surface area contributed by atoms with Gasteiger partial charge in [0.1, 0.15) is 5.69 Å². The van der Waals surface area contributed by atoms with Crippen LogP contribution < -0.4 is 5.56 Å². The number of amides is 1. The molecule has 5 nitrogen and oxygen atoms in total. The Morgan fingerprint density at radius 2 is 2.22 bits per heavy atom. The number of thiophene rings is 1. The minimum absolute atomic E-state index is 0.0588. The van der Waals surface area contributed by atoms with Gasteiger partial charge in [0.2, 0.25) is 0 Å². The van der Waals surface area contributed by atoms with Crippen molar-refractivity contribution in [3.05, 3.63) is 50.6 Å². The summed E-state index contributed by atoms with van der Waals surface area (Å²) >= 11 is 1.77. The van der Waals surface area contributed by atoms with Crippen LogP contribution in [-0.4, -0.2) is 33.2 Å². The smallest absolute Gasteiger partial charge is 0.274 e. The molecule has 0 aromatic carbocycles. The van der Waals surface area contributed by atoms with Crippen LogP contribution in [0.3, 0.4) is 0 Å². The van der Waals surface area contributed by atoms with Crippen LogP contribution in [0, 0.1) is 0 Å². The summed E-state index contributed by atoms with van der Waals surface area (Å²) in [7, 11) is 1.57. The Labute approximate surface area is 139 Å². The zero-order chi connectivity index (χ0) is 16.2. The largest absolute Gasteiger partial charge is 0.334 e. The summed E-state index contributed by atoms with van der Waals surface area (Å²) in [6, 6.07) is 7.42. The van der Waals surface area contributed by atoms with Gasteiger partial charge >= 0.3 is 0 Å². The summed E-state index contributed by atoms with van der Waals surface area (Å²) in [5.41, 5.74) is 0.157. The van der Waals surface area contributed by atoms with Crippen molar-refractivity contribution in [3.63, 3.8) is 0 Å². The molecule has 0 saturated carbocycles. The van der Waals surface area contributed by atoms with E-state index in [2.05, 4.69) is 22.6 Å². The molecule has 1 amide bonds. The van der Waals surface area contributed by atoms with Gasteiger partial charge in [-0.25, -0.2) is 4.68 Å². The molecule has 1 fully saturated rings. The van der Waals surface area contributed by atoms with Crippen LogP contribution in [0.1, 0.15) is 41.0 Å². The van der Waals surface area contributed by atoms with Crippen molar-refractivity contribution in [2.45, 2.75) is 38.1 Å². The fourth-order valence-electron chi connectivity index (χ4n) is 3.10. The van der Waals surface area contributed by atoms with Gasteiger partial charge in [-0.15, -0.1) is 11.3 Å². The lowest BCUT2D eigenvalue weighted by atomic mass is 9.97. The van der Waals surface area contributed by atoms with E-state index in [9.17, 15) is 9.59 Å². The maximum Gasteiger partial charge on any atom is 0.274 e. The summed E-state index contributed by atoms with van der Waals surface area (Å²) in [5, 5.41) is 6.20. The highest BCUT2D eigenvalue weighted by atomic mass is 32.1. The highest BCUT2D eigenvalue weighted by molar-refractivity contribution is 7.09. The molecule has 122 valence electrons. The van der Waals surface area contributed by atoms with Gasteiger partial charge in [-0.05, 0) is 49.6 Å². The minimum Gasteiger partial charge on any atom is -0.334 e. The van der Waals surface area contributed by atoms with Gasteiger partial charge < -0.3 is 4.90 Å². The number of hydrogen-bond acceptors (Lipinski definition) is 4. The van der Waals surface area contributed by atoms with Gasteiger partial charge in [-0.2, -0.15) is 5.10 Å². The molecule has 1 aliphatic rings. The van der Waals surface area contributed by atoms with Crippen LogP contribution in [0.25, 0.3) is 0 Å². The van der Waals surface area contributed by atoms with Crippen molar-refractivity contribution in [2.75, 3.05) is 6.54 Å². The van der Waals surface area contributed by atoms with Gasteiger partial charge in [-0.1, -0.05) is 6.07 Å². The summed E-state index contributed by atoms with van der Waals surface area (Å²) < 4.78 is 1.22. The van der Waals surface area contributed by atoms with Crippen molar-refractivity contribution >= 4 is 17.2 Å². The van der Waals surface area contributed by atoms with E-state index in [0.29, 0.717) is 5.69 Å². The molecule has 1 saturated heterocycles. The molecule has 3 heterocycles. The molecule has 0 radical (unpaired) electrons. The normalized spacial score (nSPS) is 18.1. The van der Waals surface area contributed by atoms with Crippen LogP contribution in [0.15, 0.2) is 34.4 Å². The molecule has 2 aromatic heterocycles. The Balaban J connectivity index is 1.73. The third kappa shape index (κ3) is 3.69. The molecular formula is C17H21N3O2S. The lowest BCUT2D eigenvalue weighted by Crippen LogP contribution is -2.44. The fraction of sp³-hybridized carbons (Fsp3) is 0.471. The SMILES string of the molecule is Cn1nc(C(=O)N2CCCCC2CCc2cccs2)ccc1=O. The monoisotopic (exact) mass is 331 g/mol. The second-order valence-electron chi connectivity index (χ2n) is 5.95. The molecule has 23 heavy (non-hydrogen) atoms. The maximum atomic E-state index is 12.8. The average molecular weight is 331 g/mol. The molecule has 0 spiro atoms. The number of likely N-dealkylation sites (tertiary alicyclic amines) is 1. The van der Waals surface area contributed by atoms with Crippen LogP contribution in [0.2, 0.25) is 0 Å². The van der Waals surface area contributed by atoms with Gasteiger partial charge in [0.25, 0.3) is 11.5 Å². The first-order chi connectivity index (χ1) is 11.1. The first kappa shape index (κ1) is 15.9. The van der Waals surface area contributed by atoms with E-state index in [4.69, 9.17) is 0 Å². The lowest BCUT2D eigenvalue weighted by Gasteiger charge is -2.35. The second kappa shape index (κ2) is 7.08. The number of aromatic nitrogens is 2. The molecule has 0 aliphatic carbocycles. The molecular weight excluding hydrogens is 310 g/mol. The van der Waals surface area contributed by atoms with Crippen LogP contribution >= 0.6 is 11.3 Å². The molecule has 3 rings (SSSR count). The molecule has 1 aliphatic heterocycles. The van der Waals surface area contributed by atoms with Gasteiger partial charge in [0.15, 0.2) is 0 Å². The van der Waals surface area contributed by atoms with Crippen LogP contribution in [-0.2, 0) is 13.5 Å². The number of piperidine rings is 1. The average Bonchev–Trinajstić information content (AvgIpc) is 3.08. The third-order valence-electron chi connectivity index (χ3n) is 4.37. The van der Waals surface area contributed by atoms with Gasteiger partial charge in [0.05, 0.1) is 0 Å². The Bertz CT molecular complexity index is 724. The Morgan fingerprint density at radius 1 is 1.35 bits per heavy atom. The number of hydrogen-bond donors (Lipinski definition) is 0. The minimum atomic E-state index is -0.200. The highest BCUT2D eigenvalue weighted by Gasteiger charge is 2.28. The molecule has 1 atom stereocenters. The third-order valence-corrected chi connectivity index (χ3v) is 5.31. The van der Waals surface area contributed by atoms with Crippen molar-refractivity contribution in [1.29, 1.82) is 0 Å². The van der Waals surface area contributed by atoms with Crippen molar-refractivity contribution < 1.29 is 4.79 Å². The zero-order valence-corrected chi connectivity index (χ0v) is 14.1. The first-order valence-corrected chi connectivity index (χ1v) is 8.91. The lowest BCUT2D eigenvalue weighted by molar-refractivity contribution is 0.0593. The van der Waals surface area contributed by atoms with Crippen molar-refractivity contribution in [2.24, 2.45) is 7.05 Å². The van der Waals surface area contributed by atoms with Crippen molar-refractivity contribution in [3.8, 4) is 0 Å². The van der Waals surface area contributed by atoms with E-state index in [1.165, 1.54) is 28.1 Å². The van der Waals surface area contributed by atoms with E-state index in [1.807, 2.05) is 4.90 Å². The Hall–Kier alpha value is -1.95. The molecule has 2 aromatic rings. The van der Waals surface area contributed by atoms with Gasteiger partial charge in [0, 0.05) is 30.6 Å². The number of carbonyl (C=O) groups is 1. The van der Waals surface area contributed by atoms with E-state index in [-0.39, 0.29) is 17.5 Å². The van der Waals surface area contributed by atoms with Crippen LogP contribution in [0.5, 0.6) is 0 Å². The topological polar surface area (TPSA) is 55.2 Å². The molecule has 0 bridgehead atoms. The highest BCUT2D eigenvalue weighted by Crippen LogP contribution is 2.24. The number of carbonyl (C=O) groups excluding carboxylic acids is 1. The standard InChI is InChI=1S/C17H21N3O2S/c1-19-16(21)10-9-15(18-19)17(22)20-11-3-2-5-13(20)7-8-14-6-4-12-23-14/h4,6,9-10,12-13H,2-3,5,7-8,11H2,1H3. The Kier molecular flexibility index (Phi) is 4.91. The molecule has 1 unspecified atom stereocenters. The quantitative estimate of drug-likeness (QED) is 0.865. The number of nitrogens with zero attached hydrogens (tertiary/aromatic N) is 3. The number of aryl methyl sites for hydroxylation is 2. The van der Waals surface area contributed by atoms with Crippen LogP contribution in [0.4, 0.5) is 0 Å². The Morgan fingerprint density at radius 3 is 2.96 bits per heavy atom. The summed E-state index contributed by atoms with van der Waals surface area (Å²) in [4.78, 5) is 27.5. The van der Waals surface area contributed by atoms with E-state index >= 15 is 0 Å². The summed E-state index contributed by atoms with van der Waals surface area (Å²) in [5.74, 6) is -0.0588. The summed E-state index contributed by atoms with van der Waals surface area (Å²) in [6.45, 7) is 0.776. The number of rotatable bonds is 4. The second-order valence-corrected chi connectivity index (χ2v) is 6.98. The molecule has 0 N–H and O–H groups in total. The first-order valence-electron chi connectivity index (χ1n) is 8.03. The van der Waals surface area contributed by atoms with E-state index in [0.717, 1.165) is 32.2 Å². The predicted octanol–water partition coefficient (Wildman–Crippen LogP) is 2.47. The van der Waals surface area contributed by atoms with E-state index in [1.54, 1.807) is 18.4 Å². The summed E-state index contributed by atoms with van der Waals surface area (Å²) in [6.07, 6.45) is 5.24. The molecule has 6 heteroatoms. The zero-order valence-electron chi connectivity index (χ0n) is 13.3. The van der Waals surface area contributed by atoms with E-state index < -0.39 is 0 Å². The van der Waals surface area contributed by atoms with Crippen molar-refractivity contribution in [1.82, 2.24) is 14.7 Å². The maximum absolute atomic E-state index is 12.8. The van der Waals surface area contributed by atoms with Gasteiger partial charge in [-0.3, -0.25) is 9.59 Å².